The molecule has 0 atom stereocenters. The van der Waals surface area contributed by atoms with Gasteiger partial charge in [0.15, 0.2) is 0 Å². The van der Waals surface area contributed by atoms with Gasteiger partial charge in [0, 0.05) is 0 Å². The maximum atomic E-state index is 8.06. The molecule has 4 heteroatoms. The Morgan fingerprint density at radius 3 is 1.25 bits per heavy atom. The topological polar surface area (TPSA) is 48.6 Å². The van der Waals surface area contributed by atoms with Gasteiger partial charge in [-0.25, -0.2) is 0 Å². The fraction of sp³-hybridized carbons (Fsp3) is 0. The molecule has 0 aliphatic heterocycles. The molecule has 0 bridgehead atoms. The van der Waals surface area contributed by atoms with Crippen LogP contribution in [0.4, 0.5) is 0 Å². The molecule has 0 aromatic rings. The summed E-state index contributed by atoms with van der Waals surface area (Å²) in [4.78, 5) is 0. The summed E-state index contributed by atoms with van der Waals surface area (Å²) in [6.07, 6.45) is 0. The summed E-state index contributed by atoms with van der Waals surface area (Å²) < 4.78 is 8.06. The molecule has 0 saturated carbocycles. The van der Waals surface area contributed by atoms with Crippen molar-refractivity contribution in [2.24, 2.45) is 0 Å². The first-order valence-electron chi connectivity index (χ1n) is 0.204. The van der Waals surface area contributed by atoms with Gasteiger partial charge < -0.3 is 9.94 Å². The molecular weight excluding hydrogens is 83.1 g/mol. The van der Waals surface area contributed by atoms with Gasteiger partial charge in [-0.2, -0.15) is 0 Å². The molecule has 20 valence electrons. The summed E-state index contributed by atoms with van der Waals surface area (Å²) in [7, 11) is 1.72. The van der Waals surface area contributed by atoms with Crippen molar-refractivity contribution in [3.63, 3.8) is 0 Å². The first-order chi connectivity index (χ1) is 1.00. The minimum absolute atomic E-state index is 0. The van der Waals surface area contributed by atoms with E-state index >= 15 is 0 Å². The zero-order valence-electron chi connectivity index (χ0n) is 1.41. The molecule has 2 N–H and O–H groups in total. The van der Waals surface area contributed by atoms with Crippen molar-refractivity contribution in [3.8, 4) is 0 Å². The van der Waals surface area contributed by atoms with E-state index in [1.54, 1.807) is 10.1 Å². The quantitative estimate of drug-likeness (QED) is 0.315. The van der Waals surface area contributed by atoms with E-state index in [2.05, 4.69) is 0 Å². The Labute approximate surface area is 49.7 Å². The molecule has 0 aromatic heterocycles. The third-order valence-electron chi connectivity index (χ3n) is 0. The average molecular weight is 86.1 g/mol. The molecule has 0 unspecified atom stereocenters. The van der Waals surface area contributed by atoms with E-state index in [-0.39, 0.29) is 35.0 Å². The summed E-state index contributed by atoms with van der Waals surface area (Å²) >= 11 is 0. The van der Waals surface area contributed by atoms with Crippen LogP contribution in [0, 0.1) is 0 Å². The first-order valence-corrected chi connectivity index (χ1v) is 0.612. The molecule has 0 aromatic carbocycles. The van der Waals surface area contributed by atoms with Gasteiger partial charge in [0.2, 0.25) is 0 Å². The van der Waals surface area contributed by atoms with Crippen LogP contribution in [0.2, 0.25) is 0 Å². The van der Waals surface area contributed by atoms with Crippen LogP contribution < -0.4 is 0 Å². The fourth-order valence-corrected chi connectivity index (χ4v) is 0. The molecule has 2 radical (unpaired) electrons. The molecule has 0 fully saturated rings. The predicted octanol–water partition coefficient (Wildman–Crippen LogP) is -1.97. The molecule has 0 heterocycles. The van der Waals surface area contributed by atoms with Crippen LogP contribution in [0.3, 0.4) is 0 Å². The molecule has 0 spiro atoms. The second-order valence-corrected chi connectivity index (χ2v) is 0. The van der Waals surface area contributed by atoms with Crippen molar-refractivity contribution >= 4 is 39.7 Å². The number of hydrogen-bond acceptors (Lipinski definition) is 1. The third-order valence-corrected chi connectivity index (χ3v) is 0. The second kappa shape index (κ2) is 36.9. The van der Waals surface area contributed by atoms with Crippen molar-refractivity contribution in [1.82, 2.24) is 0 Å². The molecule has 0 saturated heterocycles. The Bertz CT molecular complexity index is 6.00. The number of hydrogen-bond donors (Lipinski definition) is 0. The van der Waals surface area contributed by atoms with Crippen LogP contribution >= 0.6 is 0 Å². The Hall–Kier alpha value is 0.977. The average Bonchev–Trinajstić information content (AvgIpc) is 1.00. The molecule has 4 heavy (non-hydrogen) atoms. The summed E-state index contributed by atoms with van der Waals surface area (Å²) in [6, 6.07) is 0. The van der Waals surface area contributed by atoms with Crippen LogP contribution in [0.5, 0.6) is 0 Å². The van der Waals surface area contributed by atoms with Gasteiger partial charge >= 0.3 is 39.7 Å². The summed E-state index contributed by atoms with van der Waals surface area (Å²) in [6.45, 7) is 0. The summed E-state index contributed by atoms with van der Waals surface area (Å²) in [5.74, 6) is 0. The van der Waals surface area contributed by atoms with Crippen LogP contribution in [-0.2, 0) is 4.46 Å². The third kappa shape index (κ3) is 12.2. The maximum absolute atomic E-state index is 8.06. The van der Waals surface area contributed by atoms with Gasteiger partial charge in [0.1, 0.15) is 0 Å². The van der Waals surface area contributed by atoms with E-state index in [0.717, 1.165) is 0 Å². The predicted molar refractivity (Wildman–Crippen MR) is 17.2 cm³/mol. The van der Waals surface area contributed by atoms with Gasteiger partial charge in [0.25, 0.3) is 0 Å². The van der Waals surface area contributed by atoms with E-state index in [9.17, 15) is 0 Å². The summed E-state index contributed by atoms with van der Waals surface area (Å²) in [5, 5.41) is 0. The zero-order valence-corrected chi connectivity index (χ0v) is 2.41. The van der Waals surface area contributed by atoms with Gasteiger partial charge in [-0.3, -0.25) is 0 Å². The van der Waals surface area contributed by atoms with E-state index in [1.807, 2.05) is 0 Å². The minimum atomic E-state index is 0. The Kier molecular flexibility index (Phi) is 186. The SMILES string of the molecule is O.O=[Si].[NaH]. The molecule has 0 amide bonds. The first kappa shape index (κ1) is 20.1. The standard InChI is InChI=1S/Na.OSi.H2O.H/c;1-2;;/h;;1H2;. The van der Waals surface area contributed by atoms with Gasteiger partial charge in [-0.15, -0.1) is 0 Å². The van der Waals surface area contributed by atoms with E-state index in [1.165, 1.54) is 0 Å². The van der Waals surface area contributed by atoms with Gasteiger partial charge in [0.05, 0.1) is 0 Å². The van der Waals surface area contributed by atoms with Crippen LogP contribution in [0.15, 0.2) is 0 Å². The van der Waals surface area contributed by atoms with E-state index in [0.29, 0.717) is 0 Å². The van der Waals surface area contributed by atoms with Crippen molar-refractivity contribution in [2.45, 2.75) is 0 Å². The van der Waals surface area contributed by atoms with E-state index in [4.69, 9.17) is 4.46 Å². The fourth-order valence-electron chi connectivity index (χ4n) is 0. The molecule has 0 rings (SSSR count). The Morgan fingerprint density at radius 2 is 1.25 bits per heavy atom. The zero-order chi connectivity index (χ0) is 2.00. The van der Waals surface area contributed by atoms with Gasteiger partial charge in [-0.05, 0) is 0 Å². The molecular formula is H3NaO2Si. The normalized spacial score (nSPS) is 1.00. The van der Waals surface area contributed by atoms with Crippen LogP contribution in [0.1, 0.15) is 0 Å². The number of rotatable bonds is 0. The van der Waals surface area contributed by atoms with Crippen molar-refractivity contribution in [1.29, 1.82) is 0 Å². The Morgan fingerprint density at radius 1 is 1.25 bits per heavy atom. The second-order valence-electron chi connectivity index (χ2n) is 0. The van der Waals surface area contributed by atoms with Crippen molar-refractivity contribution in [3.05, 3.63) is 0 Å². The van der Waals surface area contributed by atoms with Gasteiger partial charge in [-0.1, -0.05) is 0 Å². The Balaban J connectivity index is -0.00000000500. The van der Waals surface area contributed by atoms with E-state index < -0.39 is 0 Å². The molecule has 0 aliphatic carbocycles. The van der Waals surface area contributed by atoms with Crippen LogP contribution in [-0.4, -0.2) is 45.2 Å². The summed E-state index contributed by atoms with van der Waals surface area (Å²) in [5.41, 5.74) is 0. The monoisotopic (exact) mass is 86.0 g/mol. The van der Waals surface area contributed by atoms with Crippen LogP contribution in [0.25, 0.3) is 0 Å². The van der Waals surface area contributed by atoms with Crippen molar-refractivity contribution in [2.75, 3.05) is 0 Å². The van der Waals surface area contributed by atoms with Crippen molar-refractivity contribution < 1.29 is 9.94 Å². The molecule has 2 nitrogen and oxygen atoms in total. The molecule has 0 aliphatic rings.